The Morgan fingerprint density at radius 1 is 1.14 bits per heavy atom. The van der Waals surface area contributed by atoms with Crippen LogP contribution in [0.2, 0.25) is 19.6 Å². The molecule has 1 aromatic rings. The lowest BCUT2D eigenvalue weighted by molar-refractivity contribution is 1.64. The highest BCUT2D eigenvalue weighted by atomic mass is 32.1. The zero-order valence-electron chi connectivity index (χ0n) is 8.96. The zero-order chi connectivity index (χ0) is 10.6. The fourth-order valence-electron chi connectivity index (χ4n) is 1.20. The van der Waals surface area contributed by atoms with Crippen LogP contribution < -0.4 is 5.19 Å². The Morgan fingerprint density at radius 3 is 2.14 bits per heavy atom. The van der Waals surface area contributed by atoms with Crippen molar-refractivity contribution < 1.29 is 0 Å². The molecule has 0 saturated heterocycles. The van der Waals surface area contributed by atoms with Gasteiger partial charge in [0, 0.05) is 5.56 Å². The summed E-state index contributed by atoms with van der Waals surface area (Å²) < 4.78 is 0. The van der Waals surface area contributed by atoms with Crippen LogP contribution in [-0.4, -0.2) is 13.8 Å². The Bertz CT molecular complexity index is 349. The molecule has 74 valence electrons. The molecule has 0 nitrogen and oxygen atoms in total. The SMILES string of the molecule is C[Si](C)(C)c1ccc(C#CCS)cc1. The lowest BCUT2D eigenvalue weighted by atomic mass is 10.2. The van der Waals surface area contributed by atoms with E-state index in [9.17, 15) is 0 Å². The van der Waals surface area contributed by atoms with Crippen molar-refractivity contribution in [2.45, 2.75) is 19.6 Å². The standard InChI is InChI=1S/C12H16SSi/c1-14(2,3)12-8-6-11(7-9-12)5-4-10-13/h6-9,13H,10H2,1-3H3. The van der Waals surface area contributed by atoms with Gasteiger partial charge in [0.1, 0.15) is 0 Å². The number of benzene rings is 1. The Balaban J connectivity index is 2.89. The first-order valence-electron chi connectivity index (χ1n) is 4.74. The number of hydrogen-bond donors (Lipinski definition) is 1. The van der Waals surface area contributed by atoms with Crippen LogP contribution in [0.3, 0.4) is 0 Å². The predicted molar refractivity (Wildman–Crippen MR) is 70.2 cm³/mol. The Morgan fingerprint density at radius 2 is 1.71 bits per heavy atom. The van der Waals surface area contributed by atoms with Crippen LogP contribution in [0.25, 0.3) is 0 Å². The first-order chi connectivity index (χ1) is 6.54. The maximum atomic E-state index is 4.05. The molecule has 0 unspecified atom stereocenters. The molecule has 14 heavy (non-hydrogen) atoms. The van der Waals surface area contributed by atoms with Gasteiger partial charge in [-0.25, -0.2) is 0 Å². The average Bonchev–Trinajstić information content (AvgIpc) is 2.14. The van der Waals surface area contributed by atoms with Gasteiger partial charge in [-0.1, -0.05) is 48.8 Å². The normalized spacial score (nSPS) is 10.6. The molecule has 0 saturated carbocycles. The van der Waals surface area contributed by atoms with Crippen LogP contribution in [-0.2, 0) is 0 Å². The zero-order valence-corrected chi connectivity index (χ0v) is 10.9. The highest BCUT2D eigenvalue weighted by Gasteiger charge is 2.15. The van der Waals surface area contributed by atoms with Crippen molar-refractivity contribution in [1.82, 2.24) is 0 Å². The van der Waals surface area contributed by atoms with Crippen LogP contribution in [0.4, 0.5) is 0 Å². The van der Waals surface area contributed by atoms with Gasteiger partial charge in [0.05, 0.1) is 13.8 Å². The van der Waals surface area contributed by atoms with Gasteiger partial charge in [-0.3, -0.25) is 0 Å². The summed E-state index contributed by atoms with van der Waals surface area (Å²) in [7, 11) is -1.15. The molecule has 0 atom stereocenters. The summed E-state index contributed by atoms with van der Waals surface area (Å²) >= 11 is 4.05. The number of thiol groups is 1. The molecule has 0 radical (unpaired) electrons. The summed E-state index contributed by atoms with van der Waals surface area (Å²) in [4.78, 5) is 0. The molecule has 0 aliphatic heterocycles. The maximum Gasteiger partial charge on any atom is 0.0775 e. The van der Waals surface area contributed by atoms with E-state index in [2.05, 4.69) is 68.4 Å². The first-order valence-corrected chi connectivity index (χ1v) is 8.87. The lowest BCUT2D eigenvalue weighted by Gasteiger charge is -2.15. The van der Waals surface area contributed by atoms with Gasteiger partial charge in [0.2, 0.25) is 0 Å². The van der Waals surface area contributed by atoms with Crippen molar-refractivity contribution in [3.05, 3.63) is 29.8 Å². The van der Waals surface area contributed by atoms with Crippen molar-refractivity contribution in [1.29, 1.82) is 0 Å². The molecule has 0 spiro atoms. The molecular weight excluding hydrogens is 204 g/mol. The molecule has 0 fully saturated rings. The third kappa shape index (κ3) is 3.25. The van der Waals surface area contributed by atoms with E-state index in [0.717, 1.165) is 5.56 Å². The second-order valence-corrected chi connectivity index (χ2v) is 9.68. The molecule has 1 aromatic carbocycles. The third-order valence-corrected chi connectivity index (χ3v) is 4.29. The third-order valence-electron chi connectivity index (χ3n) is 2.06. The highest BCUT2D eigenvalue weighted by molar-refractivity contribution is 7.80. The number of rotatable bonds is 1. The molecule has 0 heterocycles. The van der Waals surface area contributed by atoms with Crippen molar-refractivity contribution in [2.24, 2.45) is 0 Å². The van der Waals surface area contributed by atoms with Gasteiger partial charge < -0.3 is 0 Å². The van der Waals surface area contributed by atoms with Gasteiger partial charge in [-0.05, 0) is 12.1 Å². The number of hydrogen-bond acceptors (Lipinski definition) is 1. The fourth-order valence-corrected chi connectivity index (χ4v) is 2.44. The summed E-state index contributed by atoms with van der Waals surface area (Å²) in [5, 5.41) is 1.48. The summed E-state index contributed by atoms with van der Waals surface area (Å²) in [5.74, 6) is 6.63. The van der Waals surface area contributed by atoms with E-state index < -0.39 is 8.07 Å². The van der Waals surface area contributed by atoms with E-state index in [1.54, 1.807) is 0 Å². The van der Waals surface area contributed by atoms with Crippen LogP contribution in [0.5, 0.6) is 0 Å². The Kier molecular flexibility index (Phi) is 3.85. The minimum absolute atomic E-state index is 0.621. The molecule has 0 aromatic heterocycles. The highest BCUT2D eigenvalue weighted by Crippen LogP contribution is 2.03. The summed E-state index contributed by atoms with van der Waals surface area (Å²) in [5.41, 5.74) is 1.08. The first kappa shape index (κ1) is 11.4. The fraction of sp³-hybridized carbons (Fsp3) is 0.333. The van der Waals surface area contributed by atoms with Crippen LogP contribution >= 0.6 is 12.6 Å². The minimum Gasteiger partial charge on any atom is -0.166 e. The maximum absolute atomic E-state index is 4.05. The smallest absolute Gasteiger partial charge is 0.0775 e. The second kappa shape index (κ2) is 4.72. The summed E-state index contributed by atoms with van der Waals surface area (Å²) in [6.07, 6.45) is 0. The van der Waals surface area contributed by atoms with E-state index in [1.807, 2.05) is 0 Å². The second-order valence-electron chi connectivity index (χ2n) is 4.29. The van der Waals surface area contributed by atoms with Crippen LogP contribution in [0, 0.1) is 11.8 Å². The van der Waals surface area contributed by atoms with Gasteiger partial charge in [0.25, 0.3) is 0 Å². The Hall–Kier alpha value is -0.653. The van der Waals surface area contributed by atoms with Crippen molar-refractivity contribution in [2.75, 3.05) is 5.75 Å². The van der Waals surface area contributed by atoms with Crippen molar-refractivity contribution in [3.8, 4) is 11.8 Å². The van der Waals surface area contributed by atoms with Crippen LogP contribution in [0.1, 0.15) is 5.56 Å². The predicted octanol–water partition coefficient (Wildman–Crippen LogP) is 2.51. The molecule has 1 rings (SSSR count). The molecule has 2 heteroatoms. The molecule has 0 bridgehead atoms. The topological polar surface area (TPSA) is 0 Å². The molecule has 0 amide bonds. The van der Waals surface area contributed by atoms with Crippen molar-refractivity contribution >= 4 is 25.9 Å². The molecule has 0 N–H and O–H groups in total. The largest absolute Gasteiger partial charge is 0.166 e. The molecule has 0 aliphatic carbocycles. The van der Waals surface area contributed by atoms with E-state index >= 15 is 0 Å². The average molecular weight is 220 g/mol. The van der Waals surface area contributed by atoms with E-state index in [0.29, 0.717) is 5.75 Å². The van der Waals surface area contributed by atoms with Gasteiger partial charge in [-0.2, -0.15) is 12.6 Å². The minimum atomic E-state index is -1.15. The molecule has 0 aliphatic rings. The van der Waals surface area contributed by atoms with Crippen molar-refractivity contribution in [3.63, 3.8) is 0 Å². The lowest BCUT2D eigenvalue weighted by Crippen LogP contribution is -2.37. The van der Waals surface area contributed by atoms with Gasteiger partial charge in [0.15, 0.2) is 0 Å². The molecular formula is C12H16SSi. The van der Waals surface area contributed by atoms with Gasteiger partial charge >= 0.3 is 0 Å². The van der Waals surface area contributed by atoms with E-state index in [1.165, 1.54) is 5.19 Å². The van der Waals surface area contributed by atoms with Crippen LogP contribution in [0.15, 0.2) is 24.3 Å². The van der Waals surface area contributed by atoms with E-state index in [4.69, 9.17) is 0 Å². The monoisotopic (exact) mass is 220 g/mol. The van der Waals surface area contributed by atoms with E-state index in [-0.39, 0.29) is 0 Å². The Labute approximate surface area is 93.2 Å². The van der Waals surface area contributed by atoms with Gasteiger partial charge in [-0.15, -0.1) is 0 Å². The quantitative estimate of drug-likeness (QED) is 0.420. The summed E-state index contributed by atoms with van der Waals surface area (Å²) in [6.45, 7) is 7.05. The summed E-state index contributed by atoms with van der Waals surface area (Å²) in [6, 6.07) is 8.61.